The van der Waals surface area contributed by atoms with Crippen LogP contribution in [-0.2, 0) is 15.6 Å². The summed E-state index contributed by atoms with van der Waals surface area (Å²) in [6.07, 6.45) is 5.30. The zero-order valence-corrected chi connectivity index (χ0v) is 12.9. The smallest absolute Gasteiger partial charge is 0.359 e. The molecule has 0 radical (unpaired) electrons. The second-order valence-electron chi connectivity index (χ2n) is 4.60. The average molecular weight is 336 g/mol. The van der Waals surface area contributed by atoms with Gasteiger partial charge in [0.2, 0.25) is 0 Å². The van der Waals surface area contributed by atoms with Crippen LogP contribution in [0.3, 0.4) is 0 Å². The first kappa shape index (κ1) is 16.5. The van der Waals surface area contributed by atoms with E-state index in [4.69, 9.17) is 16.3 Å². The molecule has 1 nitrogen and oxygen atoms in total. The molecule has 0 bridgehead atoms. The Hall–Kier alpha value is -0.910. The highest BCUT2D eigenvalue weighted by Crippen LogP contribution is 2.36. The van der Waals surface area contributed by atoms with Gasteiger partial charge in [-0.1, -0.05) is 42.0 Å². The molecule has 0 aliphatic heterocycles. The van der Waals surface area contributed by atoms with Gasteiger partial charge in [-0.3, -0.25) is 0 Å². The Morgan fingerprint density at radius 2 is 1.95 bits per heavy atom. The molecule has 0 aromatic heterocycles. The number of alkyl halides is 4. The summed E-state index contributed by atoms with van der Waals surface area (Å²) in [6.45, 7) is 0. The number of halogens is 4. The lowest BCUT2D eigenvalue weighted by Crippen LogP contribution is -2.29. The van der Waals surface area contributed by atoms with Gasteiger partial charge in [-0.15, -0.1) is 13.2 Å². The molecule has 6 heteroatoms. The first-order valence-electron chi connectivity index (χ1n) is 6.29. The maximum atomic E-state index is 13.3. The van der Waals surface area contributed by atoms with E-state index in [1.807, 2.05) is 0 Å². The monoisotopic (exact) mass is 335 g/mol. The van der Waals surface area contributed by atoms with E-state index in [2.05, 4.69) is 0 Å². The van der Waals surface area contributed by atoms with Crippen LogP contribution in [0.25, 0.3) is 0 Å². The number of methoxy groups -OCH3 is 1. The van der Waals surface area contributed by atoms with Crippen LogP contribution in [0.2, 0.25) is 0 Å². The third-order valence-corrected chi connectivity index (χ3v) is 5.60. The van der Waals surface area contributed by atoms with Crippen LogP contribution in [0, 0.1) is 0 Å². The fourth-order valence-corrected chi connectivity index (χ4v) is 3.72. The molecule has 2 atom stereocenters. The first-order valence-corrected chi connectivity index (χ1v) is 8.06. The van der Waals surface area contributed by atoms with Crippen LogP contribution in [0.15, 0.2) is 59.0 Å². The van der Waals surface area contributed by atoms with Crippen molar-refractivity contribution in [2.45, 2.75) is 21.9 Å². The fraction of sp³-hybridized carbons (Fsp3) is 0.333. The number of hydrogen-bond donors (Lipinski definition) is 0. The normalized spacial score (nSPS) is 23.8. The van der Waals surface area contributed by atoms with E-state index in [1.54, 1.807) is 36.4 Å². The number of hydrogen-bond acceptors (Lipinski definition) is 1. The highest BCUT2D eigenvalue weighted by molar-refractivity contribution is 7.97. The minimum absolute atomic E-state index is 0.0688. The minimum atomic E-state index is -4.26. The molecule has 1 aliphatic rings. The zero-order valence-electron chi connectivity index (χ0n) is 11.4. The van der Waals surface area contributed by atoms with Crippen molar-refractivity contribution in [3.63, 3.8) is 0 Å². The first-order chi connectivity index (χ1) is 9.84. The molecular weight excluding hydrogens is 321 g/mol. The molecule has 2 unspecified atom stereocenters. The van der Waals surface area contributed by atoms with Crippen LogP contribution in [0.1, 0.15) is 6.42 Å². The molecule has 0 saturated heterocycles. The van der Waals surface area contributed by atoms with Crippen molar-refractivity contribution in [3.8, 4) is 0 Å². The topological polar surface area (TPSA) is 9.23 Å². The third kappa shape index (κ3) is 4.28. The van der Waals surface area contributed by atoms with Gasteiger partial charge in [-0.25, -0.2) is 0 Å². The summed E-state index contributed by atoms with van der Waals surface area (Å²) in [4.78, 5) is 0.300. The lowest BCUT2D eigenvalue weighted by Gasteiger charge is -2.23. The van der Waals surface area contributed by atoms with Gasteiger partial charge in [0, 0.05) is 13.5 Å². The molecular formula is C15H15ClF3OS+. The van der Waals surface area contributed by atoms with E-state index in [-0.39, 0.29) is 5.75 Å². The maximum Gasteiger partial charge on any atom is 0.580 e. The summed E-state index contributed by atoms with van der Waals surface area (Å²) in [6, 6.07) is 8.00. The maximum absolute atomic E-state index is 13.3. The Bertz CT molecular complexity index is 542. The van der Waals surface area contributed by atoms with Crippen molar-refractivity contribution in [1.29, 1.82) is 0 Å². The van der Waals surface area contributed by atoms with Crippen molar-refractivity contribution in [1.82, 2.24) is 0 Å². The van der Waals surface area contributed by atoms with Crippen LogP contribution in [-0.4, -0.2) is 23.4 Å². The predicted molar refractivity (Wildman–Crippen MR) is 80.4 cm³/mol. The lowest BCUT2D eigenvalue weighted by molar-refractivity contribution is -0.0368. The Labute approximate surface area is 129 Å². The molecule has 1 aromatic carbocycles. The van der Waals surface area contributed by atoms with Gasteiger partial charge >= 0.3 is 5.51 Å². The quantitative estimate of drug-likeness (QED) is 0.575. The van der Waals surface area contributed by atoms with Gasteiger partial charge in [0.15, 0.2) is 9.96 Å². The summed E-state index contributed by atoms with van der Waals surface area (Å²) in [5.74, 6) is -0.0688. The van der Waals surface area contributed by atoms with E-state index in [1.165, 1.54) is 19.2 Å². The molecule has 0 fully saturated rings. The lowest BCUT2D eigenvalue weighted by atomic mass is 10.1. The second-order valence-corrected chi connectivity index (χ2v) is 7.24. The van der Waals surface area contributed by atoms with E-state index in [0.29, 0.717) is 16.9 Å². The van der Waals surface area contributed by atoms with Gasteiger partial charge < -0.3 is 4.74 Å². The van der Waals surface area contributed by atoms with E-state index in [0.717, 1.165) is 0 Å². The summed E-state index contributed by atoms with van der Waals surface area (Å²) < 4.78 is 45.0. The van der Waals surface area contributed by atoms with Crippen LogP contribution < -0.4 is 0 Å². The van der Waals surface area contributed by atoms with E-state index < -0.39 is 21.5 Å². The van der Waals surface area contributed by atoms with Crippen LogP contribution in [0.4, 0.5) is 13.2 Å². The molecule has 1 aliphatic carbocycles. The fourth-order valence-electron chi connectivity index (χ4n) is 1.95. The summed E-state index contributed by atoms with van der Waals surface area (Å²) >= 11 is 6.09. The Balaban J connectivity index is 2.17. The SMILES string of the molecule is COC1(Cl)C=CC(C[S+](c2ccccc2)C(F)(F)F)=CC1. The molecule has 0 saturated carbocycles. The predicted octanol–water partition coefficient (Wildman–Crippen LogP) is 4.65. The van der Waals surface area contributed by atoms with Gasteiger partial charge in [0.1, 0.15) is 16.6 Å². The summed E-state index contributed by atoms with van der Waals surface area (Å²) in [7, 11) is -0.360. The van der Waals surface area contributed by atoms with Crippen molar-refractivity contribution >= 4 is 22.5 Å². The van der Waals surface area contributed by atoms with Crippen LogP contribution >= 0.6 is 11.6 Å². The van der Waals surface area contributed by atoms with Gasteiger partial charge in [-0.2, -0.15) is 0 Å². The highest BCUT2D eigenvalue weighted by atomic mass is 35.5. The summed E-state index contributed by atoms with van der Waals surface area (Å²) in [5, 5.41) is -0.937. The van der Waals surface area contributed by atoms with Gasteiger partial charge in [0.25, 0.3) is 0 Å². The standard InChI is InChI=1S/C15H15ClF3OS/c1-20-14(16)9-7-12(8-10-14)11-21(15(17,18)19)13-5-3-2-4-6-13/h2-9H,10-11H2,1H3/q+1. The number of rotatable bonds is 4. The number of ether oxygens (including phenoxy) is 1. The largest absolute Gasteiger partial charge is 0.580 e. The van der Waals surface area contributed by atoms with E-state index in [9.17, 15) is 13.2 Å². The minimum Gasteiger partial charge on any atom is -0.359 e. The van der Waals surface area contributed by atoms with Crippen LogP contribution in [0.5, 0.6) is 0 Å². The van der Waals surface area contributed by atoms with Gasteiger partial charge in [0.05, 0.1) is 0 Å². The highest BCUT2D eigenvalue weighted by Gasteiger charge is 2.52. The average Bonchev–Trinajstić information content (AvgIpc) is 2.46. The number of allylic oxidation sites excluding steroid dienone is 1. The van der Waals surface area contributed by atoms with Crippen molar-refractivity contribution < 1.29 is 17.9 Å². The molecule has 2 rings (SSSR count). The summed E-state index contributed by atoms with van der Waals surface area (Å²) in [5.41, 5.74) is -3.62. The molecule has 0 heterocycles. The molecule has 0 N–H and O–H groups in total. The van der Waals surface area contributed by atoms with Crippen molar-refractivity contribution in [3.05, 3.63) is 54.1 Å². The van der Waals surface area contributed by atoms with E-state index >= 15 is 0 Å². The molecule has 0 spiro atoms. The van der Waals surface area contributed by atoms with Crippen molar-refractivity contribution in [2.75, 3.05) is 12.9 Å². The molecule has 1 aromatic rings. The third-order valence-electron chi connectivity index (χ3n) is 3.15. The Morgan fingerprint density at radius 3 is 2.43 bits per heavy atom. The van der Waals surface area contributed by atoms with Gasteiger partial charge in [-0.05, 0) is 23.8 Å². The molecule has 114 valence electrons. The Morgan fingerprint density at radius 1 is 1.29 bits per heavy atom. The second kappa shape index (κ2) is 6.46. The Kier molecular flexibility index (Phi) is 5.07. The zero-order chi connectivity index (χ0) is 15.5. The molecule has 0 amide bonds. The van der Waals surface area contributed by atoms with Crippen molar-refractivity contribution in [2.24, 2.45) is 0 Å². The molecule has 21 heavy (non-hydrogen) atoms. The number of benzene rings is 1.